The van der Waals surface area contributed by atoms with Crippen LogP contribution in [0.1, 0.15) is 12.5 Å². The number of hydrogen-bond acceptors (Lipinski definition) is 5. The number of anilines is 1. The molecular formula is C24H26N4O3S. The molecule has 2 aliphatic heterocycles. The number of rotatable bonds is 5. The summed E-state index contributed by atoms with van der Waals surface area (Å²) in [4.78, 5) is 34.6. The molecule has 3 heterocycles. The molecule has 3 aromatic rings. The van der Waals surface area contributed by atoms with Crippen LogP contribution in [0, 0.1) is 0 Å². The van der Waals surface area contributed by atoms with Crippen LogP contribution in [0.25, 0.3) is 11.0 Å². The third-order valence-corrected chi connectivity index (χ3v) is 7.04. The Morgan fingerprint density at radius 2 is 1.81 bits per heavy atom. The molecule has 0 unspecified atom stereocenters. The van der Waals surface area contributed by atoms with E-state index in [1.54, 1.807) is 0 Å². The average Bonchev–Trinajstić information content (AvgIpc) is 3.34. The monoisotopic (exact) mass is 450 g/mol. The highest BCUT2D eigenvalue weighted by atomic mass is 32.2. The Labute approximate surface area is 191 Å². The number of nitrogens with zero attached hydrogens (tertiary/aromatic N) is 4. The number of morpholine rings is 1. The molecule has 2 amide bonds. The molecule has 0 spiro atoms. The van der Waals surface area contributed by atoms with E-state index in [1.165, 1.54) is 17.3 Å². The zero-order chi connectivity index (χ0) is 22.1. The molecule has 1 saturated heterocycles. The number of imidazole rings is 1. The molecule has 2 aliphatic rings. The van der Waals surface area contributed by atoms with E-state index in [1.807, 2.05) is 56.8 Å². The Balaban J connectivity index is 1.35. The lowest BCUT2D eigenvalue weighted by Crippen LogP contribution is -2.42. The van der Waals surface area contributed by atoms with Gasteiger partial charge >= 0.3 is 0 Å². The molecule has 2 aromatic carbocycles. The van der Waals surface area contributed by atoms with E-state index >= 15 is 0 Å². The van der Waals surface area contributed by atoms with Crippen LogP contribution < -0.4 is 4.90 Å². The lowest BCUT2D eigenvalue weighted by molar-refractivity contribution is -0.135. The Kier molecular flexibility index (Phi) is 5.89. The summed E-state index contributed by atoms with van der Waals surface area (Å²) in [7, 11) is 0. The van der Waals surface area contributed by atoms with Gasteiger partial charge in [-0.05, 0) is 37.1 Å². The van der Waals surface area contributed by atoms with Crippen LogP contribution >= 0.6 is 11.8 Å². The molecule has 1 aromatic heterocycles. The Morgan fingerprint density at radius 1 is 1.06 bits per heavy atom. The molecule has 1 atom stereocenters. The van der Waals surface area contributed by atoms with E-state index in [-0.39, 0.29) is 30.2 Å². The van der Waals surface area contributed by atoms with Crippen molar-refractivity contribution in [1.29, 1.82) is 0 Å². The molecular weight excluding hydrogens is 424 g/mol. The molecule has 0 N–H and O–H groups in total. The highest BCUT2D eigenvalue weighted by Crippen LogP contribution is 2.33. The van der Waals surface area contributed by atoms with E-state index in [4.69, 9.17) is 9.72 Å². The second kappa shape index (κ2) is 8.96. The highest BCUT2D eigenvalue weighted by Gasteiger charge is 2.31. The van der Waals surface area contributed by atoms with Gasteiger partial charge in [-0.2, -0.15) is 0 Å². The van der Waals surface area contributed by atoms with Crippen LogP contribution in [-0.2, 0) is 27.3 Å². The van der Waals surface area contributed by atoms with Crippen molar-refractivity contribution in [3.63, 3.8) is 0 Å². The fraction of sp³-hybridized carbons (Fsp3) is 0.375. The number of para-hydroxylation sites is 3. The van der Waals surface area contributed by atoms with Crippen molar-refractivity contribution in [3.8, 4) is 0 Å². The topological polar surface area (TPSA) is 67.7 Å². The first-order chi connectivity index (χ1) is 15.6. The van der Waals surface area contributed by atoms with Gasteiger partial charge in [0.15, 0.2) is 5.16 Å². The van der Waals surface area contributed by atoms with Crippen LogP contribution in [0.3, 0.4) is 0 Å². The molecule has 5 rings (SSSR count). The van der Waals surface area contributed by atoms with Crippen molar-refractivity contribution in [2.45, 2.75) is 31.1 Å². The Bertz CT molecular complexity index is 1160. The van der Waals surface area contributed by atoms with Crippen LogP contribution in [0.5, 0.6) is 0 Å². The number of hydrogen-bond donors (Lipinski definition) is 0. The van der Waals surface area contributed by atoms with Crippen molar-refractivity contribution in [1.82, 2.24) is 14.5 Å². The fourth-order valence-corrected chi connectivity index (χ4v) is 5.38. The third-order valence-electron chi connectivity index (χ3n) is 6.08. The molecule has 8 heteroatoms. The van der Waals surface area contributed by atoms with Gasteiger partial charge in [0.25, 0.3) is 0 Å². The average molecular weight is 451 g/mol. The predicted octanol–water partition coefficient (Wildman–Crippen LogP) is 2.97. The summed E-state index contributed by atoms with van der Waals surface area (Å²) in [5.74, 6) is 0.380. The van der Waals surface area contributed by atoms with Gasteiger partial charge in [-0.15, -0.1) is 0 Å². The van der Waals surface area contributed by atoms with Gasteiger partial charge in [0.2, 0.25) is 11.8 Å². The summed E-state index contributed by atoms with van der Waals surface area (Å²) < 4.78 is 7.30. The Hall–Kier alpha value is -2.84. The van der Waals surface area contributed by atoms with Crippen LogP contribution in [0.15, 0.2) is 53.7 Å². The van der Waals surface area contributed by atoms with Crippen molar-refractivity contribution in [2.75, 3.05) is 37.0 Å². The summed E-state index contributed by atoms with van der Waals surface area (Å²) in [6.07, 6.45) is 0.874. The zero-order valence-electron chi connectivity index (χ0n) is 18.1. The zero-order valence-corrected chi connectivity index (χ0v) is 18.9. The number of fused-ring (bicyclic) bond motifs is 2. The fourth-order valence-electron chi connectivity index (χ4n) is 4.51. The lowest BCUT2D eigenvalue weighted by Gasteiger charge is -2.27. The number of ether oxygens (including phenoxy) is 1. The lowest BCUT2D eigenvalue weighted by atomic mass is 10.1. The molecule has 7 nitrogen and oxygen atoms in total. The number of carbonyl (C=O) groups excluding carboxylic acids is 2. The first-order valence-electron chi connectivity index (χ1n) is 11.0. The summed E-state index contributed by atoms with van der Waals surface area (Å²) in [5, 5.41) is 0.696. The standard InChI is InChI=1S/C24H26N4O3S/c1-17-14-18-6-2-4-8-20(18)28(17)23(30)16-32-24-25-19-7-3-5-9-21(19)27(24)15-22(29)26-10-12-31-13-11-26/h2-9,17H,10-16H2,1H3/t17-/m1/s1. The second-order valence-corrected chi connectivity index (χ2v) is 9.14. The van der Waals surface area contributed by atoms with Gasteiger partial charge in [0, 0.05) is 24.8 Å². The predicted molar refractivity (Wildman–Crippen MR) is 125 cm³/mol. The molecule has 0 radical (unpaired) electrons. The van der Waals surface area contributed by atoms with Crippen LogP contribution in [-0.4, -0.2) is 64.4 Å². The van der Waals surface area contributed by atoms with Crippen molar-refractivity contribution in [2.24, 2.45) is 0 Å². The van der Waals surface area contributed by atoms with Crippen molar-refractivity contribution >= 4 is 40.3 Å². The maximum atomic E-state index is 13.2. The van der Waals surface area contributed by atoms with Gasteiger partial charge in [0.1, 0.15) is 6.54 Å². The number of benzene rings is 2. The summed E-state index contributed by atoms with van der Waals surface area (Å²) >= 11 is 1.40. The van der Waals surface area contributed by atoms with Crippen LogP contribution in [0.2, 0.25) is 0 Å². The minimum absolute atomic E-state index is 0.0479. The molecule has 0 saturated carbocycles. The van der Waals surface area contributed by atoms with Gasteiger partial charge < -0.3 is 19.1 Å². The second-order valence-electron chi connectivity index (χ2n) is 8.20. The van der Waals surface area contributed by atoms with E-state index in [2.05, 4.69) is 13.0 Å². The number of carbonyl (C=O) groups is 2. The number of aromatic nitrogens is 2. The molecule has 0 bridgehead atoms. The summed E-state index contributed by atoms with van der Waals surface area (Å²) in [5.41, 5.74) is 3.95. The summed E-state index contributed by atoms with van der Waals surface area (Å²) in [6.45, 7) is 4.65. The third kappa shape index (κ3) is 4.00. The quantitative estimate of drug-likeness (QED) is 0.559. The van der Waals surface area contributed by atoms with E-state index in [9.17, 15) is 9.59 Å². The van der Waals surface area contributed by atoms with Crippen LogP contribution in [0.4, 0.5) is 5.69 Å². The van der Waals surface area contributed by atoms with Crippen molar-refractivity contribution in [3.05, 3.63) is 54.1 Å². The minimum atomic E-state index is 0.0479. The normalized spacial score (nSPS) is 18.2. The number of thioether (sulfide) groups is 1. The largest absolute Gasteiger partial charge is 0.378 e. The molecule has 32 heavy (non-hydrogen) atoms. The Morgan fingerprint density at radius 3 is 2.66 bits per heavy atom. The number of amides is 2. The maximum Gasteiger partial charge on any atom is 0.242 e. The van der Waals surface area contributed by atoms with Gasteiger partial charge in [-0.25, -0.2) is 4.98 Å². The highest BCUT2D eigenvalue weighted by molar-refractivity contribution is 7.99. The maximum absolute atomic E-state index is 13.2. The van der Waals surface area contributed by atoms with Gasteiger partial charge in [-0.3, -0.25) is 9.59 Å². The molecule has 166 valence electrons. The molecule has 1 fully saturated rings. The van der Waals surface area contributed by atoms with E-state index in [0.29, 0.717) is 31.5 Å². The SMILES string of the molecule is C[C@@H]1Cc2ccccc2N1C(=O)CSc1nc2ccccc2n1CC(=O)N1CCOCC1. The van der Waals surface area contributed by atoms with Gasteiger partial charge in [0.05, 0.1) is 30.0 Å². The minimum Gasteiger partial charge on any atom is -0.378 e. The van der Waals surface area contributed by atoms with Gasteiger partial charge in [-0.1, -0.05) is 42.1 Å². The smallest absolute Gasteiger partial charge is 0.242 e. The first kappa shape index (κ1) is 21.0. The molecule has 0 aliphatic carbocycles. The first-order valence-corrected chi connectivity index (χ1v) is 11.9. The van der Waals surface area contributed by atoms with E-state index in [0.717, 1.165) is 23.1 Å². The van der Waals surface area contributed by atoms with Crippen molar-refractivity contribution < 1.29 is 14.3 Å². The van der Waals surface area contributed by atoms with E-state index < -0.39 is 0 Å². The summed E-state index contributed by atoms with van der Waals surface area (Å²) in [6, 6.07) is 16.0.